The van der Waals surface area contributed by atoms with Crippen LogP contribution in [0.2, 0.25) is 0 Å². The van der Waals surface area contributed by atoms with Gasteiger partial charge in [0.25, 0.3) is 0 Å². The van der Waals surface area contributed by atoms with E-state index in [-0.39, 0.29) is 0 Å². The number of unbranched alkanes of at least 4 members (excludes halogenated alkanes) is 1. The van der Waals surface area contributed by atoms with E-state index in [1.807, 2.05) is 0 Å². The van der Waals surface area contributed by atoms with Gasteiger partial charge in [0.2, 0.25) is 0 Å². The lowest BCUT2D eigenvalue weighted by atomic mass is 9.94. The Balaban J connectivity index is 1.73. The zero-order chi connectivity index (χ0) is 13.0. The molecule has 1 aliphatic rings. The number of aromatic nitrogens is 3. The predicted octanol–water partition coefficient (Wildman–Crippen LogP) is 1.04. The molecule has 1 heterocycles. The van der Waals surface area contributed by atoms with Crippen molar-refractivity contribution in [1.82, 2.24) is 20.1 Å². The first-order chi connectivity index (χ1) is 8.60. The van der Waals surface area contributed by atoms with Crippen LogP contribution in [0.4, 0.5) is 0 Å². The van der Waals surface area contributed by atoms with Gasteiger partial charge in [0.15, 0.2) is 0 Å². The second-order valence-electron chi connectivity index (χ2n) is 5.17. The van der Waals surface area contributed by atoms with Gasteiger partial charge in [-0.05, 0) is 39.0 Å². The number of hydrogen-bond acceptors (Lipinski definition) is 4. The molecular weight excluding hydrogens is 232 g/mol. The molecule has 0 amide bonds. The summed E-state index contributed by atoms with van der Waals surface area (Å²) in [6.07, 6.45) is 7.81. The number of nitrogens with one attached hydrogen (secondary N) is 1. The van der Waals surface area contributed by atoms with E-state index < -0.39 is 11.5 Å². The highest BCUT2D eigenvalue weighted by Crippen LogP contribution is 2.25. The van der Waals surface area contributed by atoms with Gasteiger partial charge in [-0.25, -0.2) is 4.98 Å². The molecule has 100 valence electrons. The molecule has 1 aromatic rings. The first-order valence-corrected chi connectivity index (χ1v) is 6.44. The van der Waals surface area contributed by atoms with Crippen LogP contribution in [0, 0.1) is 0 Å². The van der Waals surface area contributed by atoms with Crippen LogP contribution in [0.5, 0.6) is 0 Å². The second kappa shape index (κ2) is 5.48. The summed E-state index contributed by atoms with van der Waals surface area (Å²) in [5.74, 6) is -0.754. The zero-order valence-electron chi connectivity index (χ0n) is 10.7. The Bertz CT molecular complexity index is 389. The predicted molar refractivity (Wildman–Crippen MR) is 66.1 cm³/mol. The molecule has 1 fully saturated rings. The monoisotopic (exact) mass is 252 g/mol. The minimum atomic E-state index is -0.788. The van der Waals surface area contributed by atoms with Crippen molar-refractivity contribution in [2.75, 3.05) is 0 Å². The SMILES string of the molecule is CC(CCCCn1cncn1)(NC1CC1)C(=O)O. The molecule has 0 radical (unpaired) electrons. The van der Waals surface area contributed by atoms with Gasteiger partial charge in [0.05, 0.1) is 0 Å². The van der Waals surface area contributed by atoms with Gasteiger partial charge in [-0.15, -0.1) is 0 Å². The number of hydrogen-bond donors (Lipinski definition) is 2. The first kappa shape index (κ1) is 13.0. The van der Waals surface area contributed by atoms with Crippen molar-refractivity contribution in [2.45, 2.75) is 57.2 Å². The number of carboxylic acids is 1. The van der Waals surface area contributed by atoms with Gasteiger partial charge in [0.1, 0.15) is 18.2 Å². The van der Waals surface area contributed by atoms with Crippen LogP contribution in [0.1, 0.15) is 39.0 Å². The molecule has 1 unspecified atom stereocenters. The molecule has 1 saturated carbocycles. The highest BCUT2D eigenvalue weighted by Gasteiger charge is 2.37. The van der Waals surface area contributed by atoms with Crippen LogP contribution in [-0.2, 0) is 11.3 Å². The first-order valence-electron chi connectivity index (χ1n) is 6.44. The number of nitrogens with zero attached hydrogens (tertiary/aromatic N) is 3. The smallest absolute Gasteiger partial charge is 0.323 e. The van der Waals surface area contributed by atoms with Crippen LogP contribution in [0.3, 0.4) is 0 Å². The largest absolute Gasteiger partial charge is 0.480 e. The molecule has 2 N–H and O–H groups in total. The fraction of sp³-hybridized carbons (Fsp3) is 0.750. The number of carboxylic acid groups (broad SMARTS) is 1. The van der Waals surface area contributed by atoms with E-state index in [4.69, 9.17) is 0 Å². The number of aryl methyl sites for hydroxylation is 1. The van der Waals surface area contributed by atoms with Crippen molar-refractivity contribution in [3.63, 3.8) is 0 Å². The molecular formula is C12H20N4O2. The normalized spacial score (nSPS) is 18.5. The number of carbonyl (C=O) groups is 1. The Hall–Kier alpha value is -1.43. The summed E-state index contributed by atoms with van der Waals surface area (Å²) in [4.78, 5) is 15.2. The summed E-state index contributed by atoms with van der Waals surface area (Å²) in [7, 11) is 0. The van der Waals surface area contributed by atoms with Crippen molar-refractivity contribution in [3.05, 3.63) is 12.7 Å². The lowest BCUT2D eigenvalue weighted by molar-refractivity contribution is -0.144. The molecule has 1 aromatic heterocycles. The van der Waals surface area contributed by atoms with Gasteiger partial charge in [-0.1, -0.05) is 0 Å². The van der Waals surface area contributed by atoms with E-state index in [0.29, 0.717) is 12.5 Å². The van der Waals surface area contributed by atoms with E-state index in [1.165, 1.54) is 6.33 Å². The average Bonchev–Trinajstić information content (AvgIpc) is 2.97. The average molecular weight is 252 g/mol. The lowest BCUT2D eigenvalue weighted by Crippen LogP contribution is -2.50. The Kier molecular flexibility index (Phi) is 3.96. The summed E-state index contributed by atoms with van der Waals surface area (Å²) in [5.41, 5.74) is -0.788. The molecule has 6 nitrogen and oxygen atoms in total. The van der Waals surface area contributed by atoms with Gasteiger partial charge in [0, 0.05) is 12.6 Å². The second-order valence-corrected chi connectivity index (χ2v) is 5.17. The van der Waals surface area contributed by atoms with E-state index in [2.05, 4.69) is 15.4 Å². The van der Waals surface area contributed by atoms with Crippen LogP contribution < -0.4 is 5.32 Å². The van der Waals surface area contributed by atoms with Crippen molar-refractivity contribution in [1.29, 1.82) is 0 Å². The fourth-order valence-corrected chi connectivity index (χ4v) is 2.02. The van der Waals surface area contributed by atoms with E-state index >= 15 is 0 Å². The lowest BCUT2D eigenvalue weighted by Gasteiger charge is -2.26. The van der Waals surface area contributed by atoms with Gasteiger partial charge < -0.3 is 5.11 Å². The number of rotatable bonds is 8. The summed E-state index contributed by atoms with van der Waals surface area (Å²) in [5, 5.41) is 16.5. The topological polar surface area (TPSA) is 80.0 Å². The maximum atomic E-state index is 11.3. The molecule has 1 aliphatic carbocycles. The van der Waals surface area contributed by atoms with E-state index in [0.717, 1.165) is 32.2 Å². The summed E-state index contributed by atoms with van der Waals surface area (Å²) >= 11 is 0. The summed E-state index contributed by atoms with van der Waals surface area (Å²) in [6.45, 7) is 2.57. The molecule has 0 aromatic carbocycles. The Morgan fingerprint density at radius 3 is 2.89 bits per heavy atom. The summed E-state index contributed by atoms with van der Waals surface area (Å²) < 4.78 is 1.77. The Morgan fingerprint density at radius 1 is 1.56 bits per heavy atom. The Labute approximate surface area is 106 Å². The fourth-order valence-electron chi connectivity index (χ4n) is 2.02. The maximum Gasteiger partial charge on any atom is 0.323 e. The van der Waals surface area contributed by atoms with Crippen LogP contribution in [-0.4, -0.2) is 37.4 Å². The van der Waals surface area contributed by atoms with Crippen LogP contribution >= 0.6 is 0 Å². The van der Waals surface area contributed by atoms with Crippen molar-refractivity contribution < 1.29 is 9.90 Å². The quantitative estimate of drug-likeness (QED) is 0.676. The summed E-state index contributed by atoms with van der Waals surface area (Å²) in [6, 6.07) is 0.404. The third-order valence-corrected chi connectivity index (χ3v) is 3.35. The standard InChI is InChI=1S/C12H20N4O2/c1-12(11(17)18,15-10-4-5-10)6-2-3-7-16-9-13-8-14-16/h8-10,15H,2-7H2,1H3,(H,17,18). The third-order valence-electron chi connectivity index (χ3n) is 3.35. The molecule has 0 spiro atoms. The molecule has 18 heavy (non-hydrogen) atoms. The molecule has 2 rings (SSSR count). The number of aliphatic carboxylic acids is 1. The minimum absolute atomic E-state index is 0.404. The van der Waals surface area contributed by atoms with Crippen LogP contribution in [0.15, 0.2) is 12.7 Å². The van der Waals surface area contributed by atoms with E-state index in [9.17, 15) is 9.90 Å². The Morgan fingerprint density at radius 2 is 2.33 bits per heavy atom. The molecule has 6 heteroatoms. The molecule has 0 bridgehead atoms. The minimum Gasteiger partial charge on any atom is -0.480 e. The highest BCUT2D eigenvalue weighted by molar-refractivity contribution is 5.78. The van der Waals surface area contributed by atoms with Gasteiger partial charge >= 0.3 is 5.97 Å². The van der Waals surface area contributed by atoms with Crippen molar-refractivity contribution in [3.8, 4) is 0 Å². The maximum absolute atomic E-state index is 11.3. The molecule has 0 saturated heterocycles. The third kappa shape index (κ3) is 3.53. The molecule has 1 atom stereocenters. The molecule has 0 aliphatic heterocycles. The van der Waals surface area contributed by atoms with Crippen molar-refractivity contribution in [2.24, 2.45) is 0 Å². The zero-order valence-corrected chi connectivity index (χ0v) is 10.7. The van der Waals surface area contributed by atoms with E-state index in [1.54, 1.807) is 17.9 Å². The highest BCUT2D eigenvalue weighted by atomic mass is 16.4. The van der Waals surface area contributed by atoms with Gasteiger partial charge in [-0.3, -0.25) is 14.8 Å². The van der Waals surface area contributed by atoms with Crippen LogP contribution in [0.25, 0.3) is 0 Å². The van der Waals surface area contributed by atoms with Gasteiger partial charge in [-0.2, -0.15) is 5.10 Å². The van der Waals surface area contributed by atoms with Crippen molar-refractivity contribution >= 4 is 5.97 Å².